The van der Waals surface area contributed by atoms with Crippen LogP contribution in [0.4, 0.5) is 4.79 Å². The molecule has 0 bridgehead atoms. The van der Waals surface area contributed by atoms with Crippen LogP contribution in [-0.4, -0.2) is 96.8 Å². The molecule has 53 heavy (non-hydrogen) atoms. The monoisotopic (exact) mass is 752 g/mol. The van der Waals surface area contributed by atoms with E-state index in [1.807, 2.05) is 13.8 Å². The van der Waals surface area contributed by atoms with Crippen LogP contribution in [0.1, 0.15) is 132 Å². The van der Waals surface area contributed by atoms with Crippen molar-refractivity contribution in [3.63, 3.8) is 0 Å². The zero-order valence-corrected chi connectivity index (χ0v) is 32.8. The quantitative estimate of drug-likeness (QED) is 0.0508. The maximum absolute atomic E-state index is 13.8. The lowest BCUT2D eigenvalue weighted by atomic mass is 9.83. The molecule has 1 aliphatic carbocycles. The van der Waals surface area contributed by atoms with Crippen molar-refractivity contribution in [2.75, 3.05) is 19.7 Å². The average Bonchev–Trinajstić information content (AvgIpc) is 3.10. The number of carbonyl (C=O) groups is 8. The number of amides is 6. The summed E-state index contributed by atoms with van der Waals surface area (Å²) in [6.45, 7) is 12.3. The lowest BCUT2D eigenvalue weighted by Crippen LogP contribution is -2.59. The largest absolute Gasteiger partial charge is 0.464 e. The predicted octanol–water partition coefficient (Wildman–Crippen LogP) is 2.46. The molecule has 0 saturated heterocycles. The molecule has 16 heteroatoms. The minimum absolute atomic E-state index is 0.102. The van der Waals surface area contributed by atoms with Crippen molar-refractivity contribution < 1.29 is 47.8 Å². The summed E-state index contributed by atoms with van der Waals surface area (Å²) in [6.07, 6.45) is 6.59. The molecule has 0 aromatic heterocycles. The molecule has 0 heterocycles. The molecule has 0 spiro atoms. The second-order valence-corrected chi connectivity index (χ2v) is 14.5. The first-order valence-electron chi connectivity index (χ1n) is 19.2. The lowest BCUT2D eigenvalue weighted by Gasteiger charge is -2.32. The summed E-state index contributed by atoms with van der Waals surface area (Å²) in [4.78, 5) is 103. The first-order valence-corrected chi connectivity index (χ1v) is 19.2. The standard InChI is InChI=1S/C37H64N6O10/c1-8-11-21-38-28(44)20-15-19-27(42-36(51)53-37(5,6)7)33(48)43-30(25-17-13-12-14-18-25)34(49)40-24(4)32(47)41-26(16-9-2)31(46)35(50)39-23-29(45)52-22-10-3/h24-27,30H,8-23H2,1-7H3,(H,38,44)(H,39,50)(H,40,49)(H,41,47)(H,42,51)(H,43,48)/t24-,26?,27-,30-/m0/s1. The van der Waals surface area contributed by atoms with Gasteiger partial charge < -0.3 is 41.4 Å². The van der Waals surface area contributed by atoms with Gasteiger partial charge in [0, 0.05) is 13.0 Å². The maximum Gasteiger partial charge on any atom is 0.408 e. The third-order valence-electron chi connectivity index (χ3n) is 8.50. The van der Waals surface area contributed by atoms with Gasteiger partial charge in [0.25, 0.3) is 5.91 Å². The van der Waals surface area contributed by atoms with E-state index in [0.717, 1.165) is 32.1 Å². The van der Waals surface area contributed by atoms with E-state index in [9.17, 15) is 38.4 Å². The summed E-state index contributed by atoms with van der Waals surface area (Å²) in [5.41, 5.74) is -0.835. The highest BCUT2D eigenvalue weighted by Gasteiger charge is 2.36. The fourth-order valence-electron chi connectivity index (χ4n) is 5.68. The first kappa shape index (κ1) is 46.8. The highest BCUT2D eigenvalue weighted by atomic mass is 16.6. The van der Waals surface area contributed by atoms with Gasteiger partial charge in [0.15, 0.2) is 0 Å². The summed E-state index contributed by atoms with van der Waals surface area (Å²) in [6, 6.07) is -4.54. The van der Waals surface area contributed by atoms with Gasteiger partial charge in [-0.1, -0.05) is 52.9 Å². The fraction of sp³-hybridized carbons (Fsp3) is 0.784. The molecule has 0 aromatic carbocycles. The van der Waals surface area contributed by atoms with Crippen LogP contribution in [0.5, 0.6) is 0 Å². The zero-order valence-electron chi connectivity index (χ0n) is 32.8. The van der Waals surface area contributed by atoms with E-state index >= 15 is 0 Å². The number of Topliss-reactive ketones (excluding diaryl/α,β-unsaturated/α-hetero) is 1. The van der Waals surface area contributed by atoms with Gasteiger partial charge in [0.05, 0.1) is 12.6 Å². The molecule has 6 N–H and O–H groups in total. The van der Waals surface area contributed by atoms with Crippen LogP contribution < -0.4 is 31.9 Å². The van der Waals surface area contributed by atoms with Crippen molar-refractivity contribution in [1.82, 2.24) is 31.9 Å². The fourth-order valence-corrected chi connectivity index (χ4v) is 5.68. The van der Waals surface area contributed by atoms with Crippen LogP contribution >= 0.6 is 0 Å². The summed E-state index contributed by atoms with van der Waals surface area (Å²) >= 11 is 0. The Kier molecular flexibility index (Phi) is 22.0. The summed E-state index contributed by atoms with van der Waals surface area (Å²) < 4.78 is 10.3. The molecule has 1 aliphatic rings. The smallest absolute Gasteiger partial charge is 0.408 e. The molecule has 0 aliphatic heterocycles. The Morgan fingerprint density at radius 3 is 2.00 bits per heavy atom. The van der Waals surface area contributed by atoms with Gasteiger partial charge >= 0.3 is 12.1 Å². The van der Waals surface area contributed by atoms with Crippen LogP contribution in [0.3, 0.4) is 0 Å². The number of nitrogens with one attached hydrogen (secondary N) is 6. The van der Waals surface area contributed by atoms with Gasteiger partial charge in [-0.3, -0.25) is 33.6 Å². The molecule has 0 radical (unpaired) electrons. The number of carbonyl (C=O) groups excluding carboxylic acids is 8. The summed E-state index contributed by atoms with van der Waals surface area (Å²) in [5, 5.41) is 15.6. The van der Waals surface area contributed by atoms with Crippen LogP contribution in [0.15, 0.2) is 0 Å². The first-order chi connectivity index (χ1) is 25.0. The molecule has 4 atom stereocenters. The lowest BCUT2D eigenvalue weighted by molar-refractivity contribution is -0.146. The minimum atomic E-state index is -1.21. The molecular weight excluding hydrogens is 688 g/mol. The number of ether oxygens (including phenoxy) is 2. The Bertz CT molecular complexity index is 1230. The number of hydrogen-bond donors (Lipinski definition) is 6. The number of ketones is 1. The number of hydrogen-bond acceptors (Lipinski definition) is 10. The third-order valence-corrected chi connectivity index (χ3v) is 8.50. The van der Waals surface area contributed by atoms with Crippen LogP contribution in [0.25, 0.3) is 0 Å². The SMILES string of the molecule is CCCCNC(=O)CCC[C@H](NC(=O)OC(C)(C)C)C(=O)N[C@H](C(=O)N[C@@H](C)C(=O)NC(CCC)C(=O)C(=O)NCC(=O)OCCC)C1CCCCC1. The maximum atomic E-state index is 13.8. The Morgan fingerprint density at radius 2 is 1.40 bits per heavy atom. The Morgan fingerprint density at radius 1 is 0.717 bits per heavy atom. The number of alkyl carbamates (subject to hydrolysis) is 1. The van der Waals surface area contributed by atoms with Crippen LogP contribution in [-0.2, 0) is 43.0 Å². The van der Waals surface area contributed by atoms with Gasteiger partial charge in [-0.25, -0.2) is 4.79 Å². The molecule has 1 fully saturated rings. The normalized spacial score (nSPS) is 15.4. The molecule has 0 aromatic rings. The van der Waals surface area contributed by atoms with Crippen LogP contribution in [0, 0.1) is 5.92 Å². The molecular formula is C37H64N6O10. The van der Waals surface area contributed by atoms with E-state index in [4.69, 9.17) is 9.47 Å². The van der Waals surface area contributed by atoms with Crippen molar-refractivity contribution in [3.8, 4) is 0 Å². The van der Waals surface area contributed by atoms with Crippen LogP contribution in [0.2, 0.25) is 0 Å². The van der Waals surface area contributed by atoms with Crippen molar-refractivity contribution in [2.24, 2.45) is 5.92 Å². The van der Waals surface area contributed by atoms with E-state index in [1.54, 1.807) is 27.7 Å². The number of esters is 1. The average molecular weight is 753 g/mol. The summed E-state index contributed by atoms with van der Waals surface area (Å²) in [7, 11) is 0. The van der Waals surface area contributed by atoms with Crippen molar-refractivity contribution in [1.29, 1.82) is 0 Å². The molecule has 1 saturated carbocycles. The Hall–Kier alpha value is -4.24. The Balaban J connectivity index is 3.07. The van der Waals surface area contributed by atoms with E-state index < -0.39 is 77.8 Å². The van der Waals surface area contributed by atoms with Gasteiger partial charge in [0.1, 0.15) is 30.3 Å². The summed E-state index contributed by atoms with van der Waals surface area (Å²) in [5.74, 6) is -5.11. The molecule has 16 nitrogen and oxygen atoms in total. The Labute approximate surface area is 314 Å². The molecule has 6 amide bonds. The molecule has 302 valence electrons. The van der Waals surface area contributed by atoms with E-state index in [-0.39, 0.29) is 44.1 Å². The second kappa shape index (κ2) is 24.9. The van der Waals surface area contributed by atoms with Crippen molar-refractivity contribution in [2.45, 2.75) is 162 Å². The van der Waals surface area contributed by atoms with Gasteiger partial charge in [-0.15, -0.1) is 0 Å². The molecule has 1 unspecified atom stereocenters. The van der Waals surface area contributed by atoms with E-state index in [0.29, 0.717) is 32.2 Å². The molecule has 1 rings (SSSR count). The highest BCUT2D eigenvalue weighted by molar-refractivity contribution is 6.38. The van der Waals surface area contributed by atoms with E-state index in [2.05, 4.69) is 31.9 Å². The predicted molar refractivity (Wildman–Crippen MR) is 197 cm³/mol. The van der Waals surface area contributed by atoms with Gasteiger partial charge in [0.2, 0.25) is 29.4 Å². The van der Waals surface area contributed by atoms with E-state index in [1.165, 1.54) is 6.92 Å². The topological polar surface area (TPSA) is 227 Å². The minimum Gasteiger partial charge on any atom is -0.464 e. The second-order valence-electron chi connectivity index (χ2n) is 14.5. The zero-order chi connectivity index (χ0) is 40.0. The van der Waals surface area contributed by atoms with Crippen molar-refractivity contribution >= 4 is 47.4 Å². The number of unbranched alkanes of at least 4 members (excludes halogenated alkanes) is 1. The highest BCUT2D eigenvalue weighted by Crippen LogP contribution is 2.27. The number of rotatable bonds is 23. The van der Waals surface area contributed by atoms with Gasteiger partial charge in [-0.05, 0) is 78.6 Å². The third kappa shape index (κ3) is 19.4. The van der Waals surface area contributed by atoms with Crippen molar-refractivity contribution in [3.05, 3.63) is 0 Å². The van der Waals surface area contributed by atoms with Gasteiger partial charge in [-0.2, -0.15) is 0 Å².